The highest BCUT2D eigenvalue weighted by molar-refractivity contribution is 5.79. The zero-order chi connectivity index (χ0) is 11.5. The first-order valence-corrected chi connectivity index (χ1v) is 4.93. The third-order valence-corrected chi connectivity index (χ3v) is 2.50. The van der Waals surface area contributed by atoms with Gasteiger partial charge < -0.3 is 9.64 Å². The molecule has 5 heteroatoms. The summed E-state index contributed by atoms with van der Waals surface area (Å²) in [6.45, 7) is 7.75. The standard InChI is InChI=1S/C10H17N3O2/c1-4-5-8-7-15-10(2,3)13(8)9(14)6-12-11/h4,8,11H,1,5-7H2,2-3H3/t8-/m0/s1. The number of amides is 1. The van der Waals surface area contributed by atoms with Crippen molar-refractivity contribution < 1.29 is 9.53 Å². The lowest BCUT2D eigenvalue weighted by atomic mass is 10.1. The first-order valence-electron chi connectivity index (χ1n) is 4.93. The van der Waals surface area contributed by atoms with Crippen molar-refractivity contribution in [1.29, 1.82) is 5.53 Å². The molecule has 1 fully saturated rings. The summed E-state index contributed by atoms with van der Waals surface area (Å²) in [5, 5.41) is 3.12. The number of hydrogen-bond acceptors (Lipinski definition) is 4. The van der Waals surface area contributed by atoms with Gasteiger partial charge in [-0.25, -0.2) is 5.53 Å². The smallest absolute Gasteiger partial charge is 0.248 e. The van der Waals surface area contributed by atoms with E-state index < -0.39 is 5.72 Å². The Balaban J connectivity index is 2.81. The molecule has 1 saturated heterocycles. The Morgan fingerprint density at radius 3 is 3.00 bits per heavy atom. The van der Waals surface area contributed by atoms with E-state index in [0.29, 0.717) is 13.0 Å². The van der Waals surface area contributed by atoms with Crippen LogP contribution in [0.2, 0.25) is 0 Å². The van der Waals surface area contributed by atoms with Gasteiger partial charge in [0.25, 0.3) is 0 Å². The van der Waals surface area contributed by atoms with E-state index in [1.165, 1.54) is 0 Å². The van der Waals surface area contributed by atoms with Crippen LogP contribution in [0.4, 0.5) is 0 Å². The fourth-order valence-electron chi connectivity index (χ4n) is 1.90. The van der Waals surface area contributed by atoms with Gasteiger partial charge in [-0.05, 0) is 20.3 Å². The van der Waals surface area contributed by atoms with E-state index in [1.54, 1.807) is 11.0 Å². The van der Waals surface area contributed by atoms with Crippen molar-refractivity contribution in [3.05, 3.63) is 12.7 Å². The molecule has 0 aromatic rings. The molecule has 1 amide bonds. The predicted molar refractivity (Wildman–Crippen MR) is 55.5 cm³/mol. The lowest BCUT2D eigenvalue weighted by molar-refractivity contribution is -0.144. The van der Waals surface area contributed by atoms with Gasteiger partial charge in [0.2, 0.25) is 5.91 Å². The fraction of sp³-hybridized carbons (Fsp3) is 0.700. The van der Waals surface area contributed by atoms with Crippen LogP contribution in [-0.4, -0.2) is 35.7 Å². The van der Waals surface area contributed by atoms with Crippen molar-refractivity contribution in [2.24, 2.45) is 5.11 Å². The minimum Gasteiger partial charge on any atom is -0.354 e. The monoisotopic (exact) mass is 211 g/mol. The maximum absolute atomic E-state index is 11.7. The Labute approximate surface area is 89.6 Å². The molecule has 5 nitrogen and oxygen atoms in total. The van der Waals surface area contributed by atoms with E-state index in [9.17, 15) is 4.79 Å². The van der Waals surface area contributed by atoms with Gasteiger partial charge in [-0.1, -0.05) is 6.08 Å². The summed E-state index contributed by atoms with van der Waals surface area (Å²) in [7, 11) is 0. The summed E-state index contributed by atoms with van der Waals surface area (Å²) in [6.07, 6.45) is 2.47. The fourth-order valence-corrected chi connectivity index (χ4v) is 1.90. The number of carbonyl (C=O) groups is 1. The van der Waals surface area contributed by atoms with Crippen molar-refractivity contribution in [3.63, 3.8) is 0 Å². The van der Waals surface area contributed by atoms with Crippen molar-refractivity contribution in [3.8, 4) is 0 Å². The molecule has 15 heavy (non-hydrogen) atoms. The normalized spacial score (nSPS) is 23.9. The molecule has 0 aromatic heterocycles. The molecule has 0 saturated carbocycles. The van der Waals surface area contributed by atoms with Crippen LogP contribution in [0.5, 0.6) is 0 Å². The van der Waals surface area contributed by atoms with Crippen LogP contribution in [-0.2, 0) is 9.53 Å². The highest BCUT2D eigenvalue weighted by atomic mass is 16.5. The molecule has 1 atom stereocenters. The third kappa shape index (κ3) is 2.41. The maximum atomic E-state index is 11.7. The maximum Gasteiger partial charge on any atom is 0.248 e. The Morgan fingerprint density at radius 2 is 2.47 bits per heavy atom. The van der Waals surface area contributed by atoms with E-state index in [1.807, 2.05) is 13.8 Å². The van der Waals surface area contributed by atoms with Gasteiger partial charge in [0.05, 0.1) is 12.6 Å². The average Bonchev–Trinajstić information content (AvgIpc) is 2.43. The topological polar surface area (TPSA) is 65.8 Å². The Morgan fingerprint density at radius 1 is 1.80 bits per heavy atom. The second kappa shape index (κ2) is 4.53. The van der Waals surface area contributed by atoms with Gasteiger partial charge in [0.1, 0.15) is 12.3 Å². The Bertz CT molecular complexity index is 276. The summed E-state index contributed by atoms with van der Waals surface area (Å²) in [6, 6.07) is 0.0201. The van der Waals surface area contributed by atoms with Crippen LogP contribution in [0.15, 0.2) is 17.8 Å². The van der Waals surface area contributed by atoms with Crippen molar-refractivity contribution >= 4 is 5.91 Å². The molecule has 0 radical (unpaired) electrons. The van der Waals surface area contributed by atoms with E-state index in [0.717, 1.165) is 0 Å². The number of rotatable bonds is 4. The Kier molecular flexibility index (Phi) is 3.57. The van der Waals surface area contributed by atoms with E-state index in [2.05, 4.69) is 11.7 Å². The molecule has 0 aliphatic carbocycles. The van der Waals surface area contributed by atoms with E-state index in [-0.39, 0.29) is 18.5 Å². The van der Waals surface area contributed by atoms with Crippen LogP contribution < -0.4 is 0 Å². The molecular weight excluding hydrogens is 194 g/mol. The first kappa shape index (κ1) is 11.8. The zero-order valence-corrected chi connectivity index (χ0v) is 9.19. The second-order valence-electron chi connectivity index (χ2n) is 4.02. The first-order chi connectivity index (χ1) is 7.03. The van der Waals surface area contributed by atoms with E-state index >= 15 is 0 Å². The molecule has 0 unspecified atom stereocenters. The van der Waals surface area contributed by atoms with Crippen LogP contribution in [0, 0.1) is 5.53 Å². The summed E-state index contributed by atoms with van der Waals surface area (Å²) in [5.74, 6) is -0.167. The zero-order valence-electron chi connectivity index (χ0n) is 9.19. The van der Waals surface area contributed by atoms with Crippen molar-refractivity contribution in [2.45, 2.75) is 32.0 Å². The Hall–Kier alpha value is -1.23. The lowest BCUT2D eigenvalue weighted by Crippen LogP contribution is -2.48. The van der Waals surface area contributed by atoms with Crippen LogP contribution in [0.25, 0.3) is 0 Å². The van der Waals surface area contributed by atoms with Crippen LogP contribution >= 0.6 is 0 Å². The van der Waals surface area contributed by atoms with Crippen LogP contribution in [0.3, 0.4) is 0 Å². The quantitative estimate of drug-likeness (QED) is 0.566. The van der Waals surface area contributed by atoms with Gasteiger partial charge in [0.15, 0.2) is 0 Å². The number of hydrogen-bond donors (Lipinski definition) is 1. The summed E-state index contributed by atoms with van der Waals surface area (Å²) in [5.41, 5.74) is 6.11. The molecule has 1 aliphatic heterocycles. The minimum atomic E-state index is -0.602. The molecule has 84 valence electrons. The predicted octanol–water partition coefficient (Wildman–Crippen LogP) is 1.56. The SMILES string of the molecule is C=CC[C@H]1COC(C)(C)N1C(=O)CN=N. The summed E-state index contributed by atoms with van der Waals surface area (Å²) < 4.78 is 5.54. The molecule has 1 rings (SSSR count). The molecule has 0 spiro atoms. The number of nitrogens with zero attached hydrogens (tertiary/aromatic N) is 2. The number of carbonyl (C=O) groups excluding carboxylic acids is 1. The molecule has 1 heterocycles. The van der Waals surface area contributed by atoms with Gasteiger partial charge in [0, 0.05) is 0 Å². The molecule has 1 N–H and O–H groups in total. The van der Waals surface area contributed by atoms with E-state index in [4.69, 9.17) is 10.3 Å². The average molecular weight is 211 g/mol. The molecule has 0 aromatic carbocycles. The largest absolute Gasteiger partial charge is 0.354 e. The van der Waals surface area contributed by atoms with Gasteiger partial charge in [-0.15, -0.1) is 6.58 Å². The van der Waals surface area contributed by atoms with Crippen molar-refractivity contribution in [1.82, 2.24) is 4.90 Å². The third-order valence-electron chi connectivity index (χ3n) is 2.50. The second-order valence-corrected chi connectivity index (χ2v) is 4.02. The van der Waals surface area contributed by atoms with Crippen molar-refractivity contribution in [2.75, 3.05) is 13.2 Å². The van der Waals surface area contributed by atoms with Crippen LogP contribution in [0.1, 0.15) is 20.3 Å². The molecule has 1 aliphatic rings. The van der Waals surface area contributed by atoms with Gasteiger partial charge in [-0.3, -0.25) is 4.79 Å². The number of nitrogens with one attached hydrogen (secondary N) is 1. The minimum absolute atomic E-state index is 0.0201. The lowest BCUT2D eigenvalue weighted by Gasteiger charge is -2.32. The molecule has 0 bridgehead atoms. The highest BCUT2D eigenvalue weighted by Crippen LogP contribution is 2.29. The molecular formula is C10H17N3O2. The van der Waals surface area contributed by atoms with Gasteiger partial charge in [-0.2, -0.15) is 5.11 Å². The van der Waals surface area contributed by atoms with Gasteiger partial charge >= 0.3 is 0 Å². The summed E-state index contributed by atoms with van der Waals surface area (Å²) >= 11 is 0. The summed E-state index contributed by atoms with van der Waals surface area (Å²) in [4.78, 5) is 13.4. The highest BCUT2D eigenvalue weighted by Gasteiger charge is 2.42. The number of ether oxygens (including phenoxy) is 1.